The molecular formula is C83H103N19O22. The second kappa shape index (κ2) is 46.6. The fraction of sp³-hybridized carbons (Fsp3) is 0.386. The molecule has 0 bridgehead atoms. The summed E-state index contributed by atoms with van der Waals surface area (Å²) in [4.78, 5) is 234. The number of aliphatic hydroxyl groups is 4. The Morgan fingerprint density at radius 3 is 1.27 bits per heavy atom. The summed E-state index contributed by atoms with van der Waals surface area (Å²) in [6.07, 6.45) is -1.17. The molecule has 14 atom stereocenters. The first kappa shape index (κ1) is 95.3. The molecule has 124 heavy (non-hydrogen) atoms. The highest BCUT2D eigenvalue weighted by molar-refractivity contribution is 6.01. The molecule has 0 unspecified atom stereocenters. The molecule has 1 fully saturated rings. The molecule has 16 amide bonds. The maximum Gasteiger partial charge on any atom is 0.246 e. The van der Waals surface area contributed by atoms with Gasteiger partial charge >= 0.3 is 0 Å². The maximum atomic E-state index is 15.3. The molecule has 41 nitrogen and oxygen atoms in total. The first-order chi connectivity index (χ1) is 59.2. The van der Waals surface area contributed by atoms with Crippen molar-refractivity contribution in [2.24, 2.45) is 17.2 Å². The number of nitrogens with one attached hydrogen (secondary N) is 14. The number of carbonyl (C=O) groups excluding carboxylic acids is 16. The fourth-order valence-electron chi connectivity index (χ4n) is 13.6. The number of aromatic amines is 2. The SMILES string of the molecule is CC(=O)N[C@@H](Cc1ccc(O)cc1)C(=O)N[C@@H](Cc1ccc(O)cc1)C(=O)N[C@@H](CO)C(=O)N[C@@H](CCC(N)=O)C(=O)N[C@@H](CCC(N)=O)C(=O)N[C@@H](CO)C(=O)N[C@@H](Cc1c[nH]cn1)C(=O)N[C@@H](CO)C(=O)N[C@@H](Cc1c[nH]c2ccccc12)C(=O)N1CCC[C@H]1C(=O)N[C@@H](Cc1ccccc1)C(=O)N[C@H](C(=O)N[C@@H](Cc1ccccc1)C(N)=O)[C@@H](C)O. The van der Waals surface area contributed by atoms with Crippen LogP contribution in [0, 0.1) is 0 Å². The van der Waals surface area contributed by atoms with Crippen molar-refractivity contribution >= 4 is 105 Å². The van der Waals surface area contributed by atoms with E-state index in [0.717, 1.165) is 6.92 Å². The lowest BCUT2D eigenvalue weighted by Gasteiger charge is -2.31. The van der Waals surface area contributed by atoms with Gasteiger partial charge in [0, 0.05) is 88.1 Å². The van der Waals surface area contributed by atoms with E-state index in [1.807, 2.05) is 0 Å². The zero-order valence-electron chi connectivity index (χ0n) is 67.7. The predicted molar refractivity (Wildman–Crippen MR) is 441 cm³/mol. The third-order valence-corrected chi connectivity index (χ3v) is 20.2. The normalized spacial score (nSPS) is 15.5. The molecule has 0 radical (unpaired) electrons. The van der Waals surface area contributed by atoms with Crippen molar-refractivity contribution in [3.05, 3.63) is 186 Å². The molecule has 2 aromatic heterocycles. The molecule has 1 saturated heterocycles. The monoisotopic (exact) mass is 1720 g/mol. The van der Waals surface area contributed by atoms with Crippen molar-refractivity contribution in [3.63, 3.8) is 0 Å². The molecule has 0 aliphatic carbocycles. The van der Waals surface area contributed by atoms with Crippen molar-refractivity contribution in [3.8, 4) is 11.5 Å². The third kappa shape index (κ3) is 28.8. The van der Waals surface area contributed by atoms with Gasteiger partial charge in [0.2, 0.25) is 94.5 Å². The fourth-order valence-corrected chi connectivity index (χ4v) is 13.6. The Kier molecular flexibility index (Phi) is 35.8. The average Bonchev–Trinajstić information content (AvgIpc) is 1.65. The lowest BCUT2D eigenvalue weighted by atomic mass is 10.0. The van der Waals surface area contributed by atoms with E-state index in [4.69, 9.17) is 17.2 Å². The van der Waals surface area contributed by atoms with Crippen molar-refractivity contribution in [1.82, 2.24) is 83.7 Å². The number of aliphatic hydroxyl groups excluding tert-OH is 4. The van der Waals surface area contributed by atoms with E-state index in [1.165, 1.54) is 72.9 Å². The zero-order chi connectivity index (χ0) is 90.3. The highest BCUT2D eigenvalue weighted by Crippen LogP contribution is 2.25. The highest BCUT2D eigenvalue weighted by atomic mass is 16.3. The van der Waals surface area contributed by atoms with Crippen LogP contribution < -0.4 is 81.0 Å². The van der Waals surface area contributed by atoms with E-state index >= 15 is 4.79 Å². The van der Waals surface area contributed by atoms with Crippen molar-refractivity contribution in [1.29, 1.82) is 0 Å². The Morgan fingerprint density at radius 1 is 0.435 bits per heavy atom. The van der Waals surface area contributed by atoms with E-state index in [1.54, 1.807) is 91.1 Å². The molecule has 41 heteroatoms. The van der Waals surface area contributed by atoms with Crippen LogP contribution in [0.2, 0.25) is 0 Å². The molecule has 0 saturated carbocycles. The number of imidazole rings is 1. The number of phenolic OH excluding ortho intramolecular Hbond substituents is 2. The first-order valence-corrected chi connectivity index (χ1v) is 39.7. The van der Waals surface area contributed by atoms with Crippen LogP contribution >= 0.6 is 0 Å². The van der Waals surface area contributed by atoms with Gasteiger partial charge in [0.25, 0.3) is 0 Å². The van der Waals surface area contributed by atoms with Gasteiger partial charge in [-0.05, 0) is 90.8 Å². The van der Waals surface area contributed by atoms with E-state index in [2.05, 4.69) is 78.8 Å². The van der Waals surface area contributed by atoms with Crippen LogP contribution in [0.25, 0.3) is 10.9 Å². The summed E-state index contributed by atoms with van der Waals surface area (Å²) < 4.78 is 0. The Hall–Kier alpha value is -14.2. The Morgan fingerprint density at radius 2 is 0.823 bits per heavy atom. The van der Waals surface area contributed by atoms with Crippen LogP contribution in [-0.2, 0) is 115 Å². The first-order valence-electron chi connectivity index (χ1n) is 39.7. The molecule has 5 aromatic carbocycles. The zero-order valence-corrected chi connectivity index (χ0v) is 67.7. The number of nitrogens with zero attached hydrogens (tertiary/aromatic N) is 2. The van der Waals surface area contributed by atoms with Crippen LogP contribution in [0.15, 0.2) is 152 Å². The van der Waals surface area contributed by atoms with E-state index in [9.17, 15) is 103 Å². The minimum absolute atomic E-state index is 0.0272. The largest absolute Gasteiger partial charge is 0.508 e. The van der Waals surface area contributed by atoms with Crippen molar-refractivity contribution < 1.29 is 107 Å². The number of hydrogen-bond acceptors (Lipinski definition) is 23. The van der Waals surface area contributed by atoms with Crippen LogP contribution in [-0.4, -0.2) is 256 Å². The number of nitrogens with two attached hydrogens (primary N) is 3. The van der Waals surface area contributed by atoms with Gasteiger partial charge < -0.3 is 127 Å². The standard InChI is InChI=1S/C83H103N19O22/c1-44(106)70(82(123)93-58(71(86)112)32-46-12-5-3-6-13-46)101-77(118)61(33-47-14-7-4-8-15-47)96-81(122)67-18-11-31-102(67)83(124)63(36-50-38-88-55-17-10-9-16-54(50)55)97-80(121)66(42-105)100-76(117)62(37-51-39-87-43-89-51)95-79(120)65(41-104)98-73(114)57(28-30-69(85)111)91-72(113)56(27-29-68(84)110)92-78(119)64(40-103)99-75(116)60(35-49-21-25-53(109)26-22-49)94-74(115)59(90-45(2)107)34-48-19-23-52(108)24-20-48/h3-10,12-17,19-26,38-39,43-44,56-67,70,88,103-106,108-109H,11,18,27-37,40-42H2,1-2H3,(H2,84,110)(H2,85,111)(H2,86,112)(H,87,89)(H,90,107)(H,91,113)(H,92,119)(H,93,123)(H,94,115)(H,95,120)(H,96,122)(H,97,121)(H,98,114)(H,99,116)(H,100,117)(H,101,118)/t44-,56+,57+,58+,59+,60+,61+,62+,63+,64+,65+,66+,67+,70+/m1/s1. The quantitative estimate of drug-likeness (QED) is 0.0169. The topological polar surface area (TPSA) is 665 Å². The van der Waals surface area contributed by atoms with Gasteiger partial charge in [0.05, 0.1) is 37.9 Å². The second-order valence-corrected chi connectivity index (χ2v) is 29.7. The number of benzene rings is 5. The molecule has 3 heterocycles. The Labute approximate surface area is 709 Å². The average molecular weight is 1720 g/mol. The second-order valence-electron chi connectivity index (χ2n) is 29.7. The van der Waals surface area contributed by atoms with Crippen molar-refractivity contribution in [2.75, 3.05) is 26.4 Å². The number of fused-ring (bicyclic) bond motifs is 1. The number of phenols is 2. The minimum atomic E-state index is -2.04. The molecule has 1 aliphatic rings. The Balaban J connectivity index is 0.963. The molecule has 662 valence electrons. The summed E-state index contributed by atoms with van der Waals surface area (Å²) in [6, 6.07) is 13.3. The van der Waals surface area contributed by atoms with E-state index in [0.29, 0.717) is 38.7 Å². The molecule has 0 spiro atoms. The smallest absolute Gasteiger partial charge is 0.246 e. The summed E-state index contributed by atoms with van der Waals surface area (Å²) in [5, 5.41) is 92.8. The summed E-state index contributed by atoms with van der Waals surface area (Å²) >= 11 is 0. The van der Waals surface area contributed by atoms with Gasteiger partial charge in [0.1, 0.15) is 90.0 Å². The third-order valence-electron chi connectivity index (χ3n) is 20.2. The van der Waals surface area contributed by atoms with Crippen LogP contribution in [0.1, 0.15) is 85.9 Å². The van der Waals surface area contributed by atoms with Crippen LogP contribution in [0.3, 0.4) is 0 Å². The summed E-state index contributed by atoms with van der Waals surface area (Å²) in [7, 11) is 0. The lowest BCUT2D eigenvalue weighted by molar-refractivity contribution is -0.143. The lowest BCUT2D eigenvalue weighted by Crippen LogP contribution is -2.62. The summed E-state index contributed by atoms with van der Waals surface area (Å²) in [6.45, 7) is -1.29. The predicted octanol–water partition coefficient (Wildman–Crippen LogP) is -5.74. The number of aromatic nitrogens is 3. The van der Waals surface area contributed by atoms with E-state index < -0.39 is 231 Å². The maximum absolute atomic E-state index is 15.3. The van der Waals surface area contributed by atoms with Gasteiger partial charge in [-0.3, -0.25) is 76.7 Å². The number of likely N-dealkylation sites (tertiary alicyclic amines) is 1. The molecule has 8 rings (SSSR count). The highest BCUT2D eigenvalue weighted by Gasteiger charge is 2.43. The van der Waals surface area contributed by atoms with Gasteiger partial charge in [0.15, 0.2) is 0 Å². The van der Waals surface area contributed by atoms with Gasteiger partial charge in [-0.25, -0.2) is 4.98 Å². The molecule has 1 aliphatic heterocycles. The number of carbonyl (C=O) groups is 16. The van der Waals surface area contributed by atoms with Crippen LogP contribution in [0.4, 0.5) is 0 Å². The number of hydrogen-bond donors (Lipinski definition) is 23. The Bertz CT molecular complexity index is 4890. The van der Waals surface area contributed by atoms with Gasteiger partial charge in [-0.1, -0.05) is 103 Å². The van der Waals surface area contributed by atoms with Crippen LogP contribution in [0.5, 0.6) is 11.5 Å². The van der Waals surface area contributed by atoms with Gasteiger partial charge in [-0.15, -0.1) is 0 Å². The number of primary amides is 3. The van der Waals surface area contributed by atoms with Gasteiger partial charge in [-0.2, -0.15) is 0 Å². The number of H-pyrrole nitrogens is 2. The van der Waals surface area contributed by atoms with Crippen molar-refractivity contribution in [2.45, 2.75) is 176 Å². The molecule has 7 aromatic rings. The number of amides is 16. The summed E-state index contributed by atoms with van der Waals surface area (Å²) in [5.41, 5.74) is 19.8. The molecular weight excluding hydrogens is 1620 g/mol. The molecule has 26 N–H and O–H groups in total. The number of para-hydroxylation sites is 1. The minimum Gasteiger partial charge on any atom is -0.508 e. The van der Waals surface area contributed by atoms with E-state index in [-0.39, 0.29) is 68.7 Å². The summed E-state index contributed by atoms with van der Waals surface area (Å²) in [5.74, 6) is -17.0. The number of rotatable bonds is 47. The number of aromatic hydroxyl groups is 2.